The zero-order valence-corrected chi connectivity index (χ0v) is 19.1. The van der Waals surface area contributed by atoms with Crippen LogP contribution < -0.4 is 10.9 Å². The maximum absolute atomic E-state index is 13.3. The number of nitrogens with zero attached hydrogens (tertiary/aromatic N) is 1. The molecule has 4 rings (SSSR count). The normalized spacial score (nSPS) is 15.5. The van der Waals surface area contributed by atoms with E-state index < -0.39 is 29.0 Å². The zero-order chi connectivity index (χ0) is 24.3. The SMILES string of the molecule is Cc1nc(-c2ccccc2)sc1C(=O)NNC(=O)C1(c2cccc(C(F)(F)F)c2)CCOCC1. The Hall–Kier alpha value is -3.24. The van der Waals surface area contributed by atoms with Crippen molar-refractivity contribution in [1.82, 2.24) is 15.8 Å². The van der Waals surface area contributed by atoms with Gasteiger partial charge in [0.2, 0.25) is 5.91 Å². The molecule has 34 heavy (non-hydrogen) atoms. The van der Waals surface area contributed by atoms with E-state index >= 15 is 0 Å². The number of ether oxygens (including phenoxy) is 1. The molecule has 2 aromatic carbocycles. The van der Waals surface area contributed by atoms with Crippen molar-refractivity contribution in [3.63, 3.8) is 0 Å². The summed E-state index contributed by atoms with van der Waals surface area (Å²) in [5.41, 5.74) is 4.35. The van der Waals surface area contributed by atoms with Crippen molar-refractivity contribution in [3.8, 4) is 10.6 Å². The van der Waals surface area contributed by atoms with E-state index in [-0.39, 0.29) is 31.6 Å². The topological polar surface area (TPSA) is 80.3 Å². The van der Waals surface area contributed by atoms with Crippen molar-refractivity contribution >= 4 is 23.2 Å². The van der Waals surface area contributed by atoms with Crippen LogP contribution >= 0.6 is 11.3 Å². The van der Waals surface area contributed by atoms with Crippen LogP contribution in [0.15, 0.2) is 54.6 Å². The summed E-state index contributed by atoms with van der Waals surface area (Å²) in [5.74, 6) is -1.13. The number of hydrazine groups is 1. The molecule has 2 amide bonds. The number of halogens is 3. The lowest BCUT2D eigenvalue weighted by molar-refractivity contribution is -0.138. The molecule has 0 spiro atoms. The first-order valence-electron chi connectivity index (χ1n) is 10.6. The van der Waals surface area contributed by atoms with E-state index in [9.17, 15) is 22.8 Å². The second kappa shape index (κ2) is 9.55. The number of carbonyl (C=O) groups excluding carboxylic acids is 2. The van der Waals surface area contributed by atoms with Crippen LogP contribution in [0.25, 0.3) is 10.6 Å². The number of hydrogen-bond donors (Lipinski definition) is 2. The molecule has 1 aromatic heterocycles. The quantitative estimate of drug-likeness (QED) is 0.523. The van der Waals surface area contributed by atoms with Crippen molar-refractivity contribution in [2.24, 2.45) is 0 Å². The molecule has 0 bridgehead atoms. The van der Waals surface area contributed by atoms with E-state index in [4.69, 9.17) is 4.74 Å². The Morgan fingerprint density at radius 2 is 1.74 bits per heavy atom. The number of rotatable bonds is 4. The Labute approximate surface area is 198 Å². The van der Waals surface area contributed by atoms with Crippen molar-refractivity contribution in [2.75, 3.05) is 13.2 Å². The Morgan fingerprint density at radius 3 is 2.41 bits per heavy atom. The van der Waals surface area contributed by atoms with Gasteiger partial charge in [-0.05, 0) is 31.4 Å². The molecule has 2 heterocycles. The summed E-state index contributed by atoms with van der Waals surface area (Å²) in [5, 5.41) is 0.666. The fraction of sp³-hybridized carbons (Fsp3) is 0.292. The summed E-state index contributed by atoms with van der Waals surface area (Å²) in [7, 11) is 0. The summed E-state index contributed by atoms with van der Waals surface area (Å²) in [6.45, 7) is 2.13. The number of aryl methyl sites for hydroxylation is 1. The number of thiazole rings is 1. The minimum Gasteiger partial charge on any atom is -0.381 e. The van der Waals surface area contributed by atoms with E-state index in [1.54, 1.807) is 6.92 Å². The number of amides is 2. The third-order valence-electron chi connectivity index (χ3n) is 5.84. The second-order valence-corrected chi connectivity index (χ2v) is 8.98. The van der Waals surface area contributed by atoms with Crippen LogP contribution in [0, 0.1) is 6.92 Å². The lowest BCUT2D eigenvalue weighted by Crippen LogP contribution is -2.53. The molecule has 1 saturated heterocycles. The molecular weight excluding hydrogens is 467 g/mol. The van der Waals surface area contributed by atoms with Gasteiger partial charge in [0.05, 0.1) is 16.7 Å². The van der Waals surface area contributed by atoms with Gasteiger partial charge >= 0.3 is 6.18 Å². The molecule has 2 N–H and O–H groups in total. The van der Waals surface area contributed by atoms with Gasteiger partial charge in [0, 0.05) is 18.8 Å². The number of nitrogens with one attached hydrogen (secondary N) is 2. The third kappa shape index (κ3) is 4.83. The first-order chi connectivity index (χ1) is 16.2. The van der Waals surface area contributed by atoms with Gasteiger partial charge in [-0.15, -0.1) is 11.3 Å². The summed E-state index contributed by atoms with van der Waals surface area (Å²) < 4.78 is 45.2. The lowest BCUT2D eigenvalue weighted by atomic mass is 9.73. The summed E-state index contributed by atoms with van der Waals surface area (Å²) >= 11 is 1.19. The van der Waals surface area contributed by atoms with E-state index in [2.05, 4.69) is 15.8 Å². The van der Waals surface area contributed by atoms with Crippen LogP contribution in [0.3, 0.4) is 0 Å². The minimum absolute atomic E-state index is 0.188. The molecule has 0 aliphatic carbocycles. The first kappa shape index (κ1) is 23.9. The molecule has 178 valence electrons. The van der Waals surface area contributed by atoms with E-state index in [0.29, 0.717) is 15.6 Å². The van der Waals surface area contributed by atoms with Gasteiger partial charge in [-0.25, -0.2) is 4.98 Å². The molecule has 0 unspecified atom stereocenters. The van der Waals surface area contributed by atoms with Crippen LogP contribution in [0.1, 0.15) is 39.3 Å². The predicted octanol–water partition coefficient (Wildman–Crippen LogP) is 4.65. The van der Waals surface area contributed by atoms with Crippen molar-refractivity contribution < 1.29 is 27.5 Å². The highest BCUT2D eigenvalue weighted by molar-refractivity contribution is 7.17. The fourth-order valence-electron chi connectivity index (χ4n) is 3.96. The van der Waals surface area contributed by atoms with Crippen molar-refractivity contribution in [3.05, 3.63) is 76.3 Å². The van der Waals surface area contributed by atoms with Crippen LogP contribution in [-0.4, -0.2) is 30.0 Å². The standard InChI is InChI=1S/C24H22F3N3O3S/c1-15-19(34-21(28-15)16-6-3-2-4-7-16)20(31)29-30-22(32)23(10-12-33-13-11-23)17-8-5-9-18(14-17)24(25,26)27/h2-9,14H,10-13H2,1H3,(H,29,31)(H,30,32). The number of benzene rings is 2. The Bertz CT molecular complexity index is 1190. The molecule has 1 aliphatic heterocycles. The Balaban J connectivity index is 1.54. The van der Waals surface area contributed by atoms with Gasteiger partial charge in [0.15, 0.2) is 0 Å². The fourth-order valence-corrected chi connectivity index (χ4v) is 4.93. The minimum atomic E-state index is -4.53. The second-order valence-electron chi connectivity index (χ2n) is 7.98. The highest BCUT2D eigenvalue weighted by Crippen LogP contribution is 2.38. The summed E-state index contributed by atoms with van der Waals surface area (Å²) in [4.78, 5) is 30.8. The largest absolute Gasteiger partial charge is 0.416 e. The lowest BCUT2D eigenvalue weighted by Gasteiger charge is -2.36. The maximum atomic E-state index is 13.3. The zero-order valence-electron chi connectivity index (χ0n) is 18.2. The van der Waals surface area contributed by atoms with Crippen LogP contribution in [0.2, 0.25) is 0 Å². The van der Waals surface area contributed by atoms with Crippen molar-refractivity contribution in [1.29, 1.82) is 0 Å². The van der Waals surface area contributed by atoms with Gasteiger partial charge in [0.1, 0.15) is 9.88 Å². The maximum Gasteiger partial charge on any atom is 0.416 e. The van der Waals surface area contributed by atoms with E-state index in [1.807, 2.05) is 30.3 Å². The Morgan fingerprint density at radius 1 is 1.03 bits per heavy atom. The van der Waals surface area contributed by atoms with Gasteiger partial charge in [-0.3, -0.25) is 20.4 Å². The molecule has 0 radical (unpaired) electrons. The molecule has 3 aromatic rings. The predicted molar refractivity (Wildman–Crippen MR) is 121 cm³/mol. The van der Waals surface area contributed by atoms with E-state index in [1.165, 1.54) is 23.5 Å². The van der Waals surface area contributed by atoms with Crippen LogP contribution in [-0.2, 0) is 21.1 Å². The number of hydrogen-bond acceptors (Lipinski definition) is 5. The molecular formula is C24H22F3N3O3S. The summed E-state index contributed by atoms with van der Waals surface area (Å²) in [6, 6.07) is 14.1. The average Bonchev–Trinajstić information content (AvgIpc) is 3.24. The number of aromatic nitrogens is 1. The monoisotopic (exact) mass is 489 g/mol. The highest BCUT2D eigenvalue weighted by atomic mass is 32.1. The van der Waals surface area contributed by atoms with Gasteiger partial charge in [0.25, 0.3) is 5.91 Å². The number of alkyl halides is 3. The molecule has 6 nitrogen and oxygen atoms in total. The molecule has 0 saturated carbocycles. The van der Waals surface area contributed by atoms with Crippen LogP contribution in [0.5, 0.6) is 0 Å². The molecule has 0 atom stereocenters. The first-order valence-corrected chi connectivity index (χ1v) is 11.4. The van der Waals surface area contributed by atoms with Crippen molar-refractivity contribution in [2.45, 2.75) is 31.4 Å². The van der Waals surface area contributed by atoms with Gasteiger partial charge in [-0.1, -0.05) is 48.5 Å². The molecule has 1 fully saturated rings. The number of carbonyl (C=O) groups is 2. The Kier molecular flexibility index (Phi) is 6.72. The third-order valence-corrected chi connectivity index (χ3v) is 7.04. The summed E-state index contributed by atoms with van der Waals surface area (Å²) in [6.07, 6.45) is -4.16. The van der Waals surface area contributed by atoms with E-state index in [0.717, 1.165) is 17.7 Å². The molecule has 10 heteroatoms. The van der Waals surface area contributed by atoms with Gasteiger partial charge < -0.3 is 4.74 Å². The van der Waals surface area contributed by atoms with Crippen LogP contribution in [0.4, 0.5) is 13.2 Å². The average molecular weight is 490 g/mol. The van der Waals surface area contributed by atoms with Gasteiger partial charge in [-0.2, -0.15) is 13.2 Å². The molecule has 1 aliphatic rings. The highest BCUT2D eigenvalue weighted by Gasteiger charge is 2.43. The smallest absolute Gasteiger partial charge is 0.381 e.